The van der Waals surface area contributed by atoms with Gasteiger partial charge in [0.1, 0.15) is 5.58 Å². The Kier molecular flexibility index (Phi) is 8.84. The van der Waals surface area contributed by atoms with Crippen LogP contribution in [0.4, 0.5) is 34.1 Å². The van der Waals surface area contributed by atoms with E-state index >= 15 is 0 Å². The van der Waals surface area contributed by atoms with Crippen LogP contribution in [0.25, 0.3) is 22.1 Å². The molecular formula is C66H77BN2O. The zero-order valence-corrected chi connectivity index (χ0v) is 45.2. The van der Waals surface area contributed by atoms with Crippen molar-refractivity contribution in [1.82, 2.24) is 0 Å². The van der Waals surface area contributed by atoms with E-state index in [1.54, 1.807) is 0 Å². The predicted molar refractivity (Wildman–Crippen MR) is 302 cm³/mol. The van der Waals surface area contributed by atoms with E-state index in [2.05, 4.69) is 206 Å². The molecule has 0 spiro atoms. The first-order valence-corrected chi connectivity index (χ1v) is 26.1. The number of benzene rings is 6. The lowest BCUT2D eigenvalue weighted by atomic mass is 9.35. The van der Waals surface area contributed by atoms with Crippen LogP contribution in [0, 0.1) is 0 Å². The first kappa shape index (κ1) is 41.2. The van der Waals surface area contributed by atoms with E-state index in [-0.39, 0.29) is 74.4 Å². The third kappa shape index (κ3) is 7.18. The molecule has 2 aliphatic carbocycles. The number of rotatable bonds is 3. The average molecular weight is 930 g/mol. The van der Waals surface area contributed by atoms with Gasteiger partial charge in [0.2, 0.25) is 0 Å². The molecule has 0 radical (unpaired) electrons. The molecule has 0 fully saturated rings. The molecule has 360 valence electrons. The lowest BCUT2D eigenvalue weighted by Gasteiger charge is -2.48. The van der Waals surface area contributed by atoms with Gasteiger partial charge in [0.25, 0.3) is 6.71 Å². The minimum Gasteiger partial charge on any atom is -0.468 e. The molecule has 1 aromatic heterocycles. The number of furan rings is 1. The average Bonchev–Trinajstić information content (AvgIpc) is 3.70. The molecule has 70 heavy (non-hydrogen) atoms. The molecule has 11 rings (SSSR count). The summed E-state index contributed by atoms with van der Waals surface area (Å²) in [6.45, 7) is 39.1. The monoisotopic (exact) mass is 930 g/mol. The minimum absolute atomic E-state index is 0.0473. The zero-order valence-electron chi connectivity index (χ0n) is 50.2. The van der Waals surface area contributed by atoms with Crippen LogP contribution in [0.15, 0.2) is 113 Å². The summed E-state index contributed by atoms with van der Waals surface area (Å²) in [6.07, 6.45) is 4.03. The van der Waals surface area contributed by atoms with Crippen molar-refractivity contribution in [3.05, 3.63) is 148 Å². The van der Waals surface area contributed by atoms with Gasteiger partial charge in [-0.15, -0.1) is 0 Å². The second-order valence-electron chi connectivity index (χ2n) is 27.3. The molecule has 3 heterocycles. The van der Waals surface area contributed by atoms with Crippen molar-refractivity contribution in [1.29, 1.82) is 0 Å². The molecule has 0 saturated heterocycles. The van der Waals surface area contributed by atoms with Gasteiger partial charge in [0.15, 0.2) is 0 Å². The standard InChI is InChI=1S/C66H77BN2O/c1-60(2,3)41-23-26-44(27-24-41)68-54-34-43(62(7,8)9)35-55-57(54)67(59-58(68)46-33-42(61(4,5)6)25-28-56(46)70-59)51-37-48-50(66(16,17)32-30-64(48,12)13)39-53(51)69(55)52-38-49-47(63(10,11)29-31-65(49,14)15)36-45(52)40-21-19-18-20-22-40/h18-28,33-39H,29-32H2,1-17H3/i18D,19D,20D,21D,22D. The van der Waals surface area contributed by atoms with Crippen molar-refractivity contribution in [2.45, 2.75) is 181 Å². The first-order chi connectivity index (χ1) is 34.6. The molecule has 4 heteroatoms. The Labute approximate surface area is 428 Å². The highest BCUT2D eigenvalue weighted by molar-refractivity contribution is 7.00. The Bertz CT molecular complexity index is 3550. The molecule has 4 aliphatic rings. The van der Waals surface area contributed by atoms with Crippen molar-refractivity contribution < 1.29 is 11.3 Å². The molecule has 2 aliphatic heterocycles. The molecule has 0 atom stereocenters. The van der Waals surface area contributed by atoms with Crippen molar-refractivity contribution in [3.8, 4) is 11.1 Å². The van der Waals surface area contributed by atoms with Gasteiger partial charge in [-0.1, -0.05) is 172 Å². The molecule has 0 unspecified atom stereocenters. The van der Waals surface area contributed by atoms with Gasteiger partial charge >= 0.3 is 0 Å². The topological polar surface area (TPSA) is 19.6 Å². The van der Waals surface area contributed by atoms with E-state index < -0.39 is 6.04 Å². The maximum Gasteiger partial charge on any atom is 0.297 e. The lowest BCUT2D eigenvalue weighted by molar-refractivity contribution is 0.332. The molecule has 6 aromatic carbocycles. The first-order valence-electron chi connectivity index (χ1n) is 28.6. The molecule has 0 N–H and O–H groups in total. The van der Waals surface area contributed by atoms with Crippen LogP contribution in [0.1, 0.15) is 189 Å². The van der Waals surface area contributed by atoms with Crippen molar-refractivity contribution in [2.24, 2.45) is 0 Å². The number of hydrogen-bond acceptors (Lipinski definition) is 3. The Morgan fingerprint density at radius 2 is 0.986 bits per heavy atom. The summed E-state index contributed by atoms with van der Waals surface area (Å²) in [7, 11) is 0. The third-order valence-electron chi connectivity index (χ3n) is 17.3. The van der Waals surface area contributed by atoms with Gasteiger partial charge in [-0.25, -0.2) is 0 Å². The van der Waals surface area contributed by atoms with Crippen molar-refractivity contribution >= 4 is 68.4 Å². The summed E-state index contributed by atoms with van der Waals surface area (Å²) < 4.78 is 53.8. The Balaban J connectivity index is 1.36. The van der Waals surface area contributed by atoms with Gasteiger partial charge in [0.05, 0.1) is 23.9 Å². The summed E-state index contributed by atoms with van der Waals surface area (Å²) in [5.41, 5.74) is 18.4. The third-order valence-corrected chi connectivity index (χ3v) is 17.3. The van der Waals surface area contributed by atoms with E-state index in [0.717, 1.165) is 98.5 Å². The summed E-state index contributed by atoms with van der Waals surface area (Å²) in [5.74, 6) is 0. The normalized spacial score (nSPS) is 19.5. The zero-order chi connectivity index (χ0) is 54.4. The smallest absolute Gasteiger partial charge is 0.297 e. The Morgan fingerprint density at radius 3 is 1.53 bits per heavy atom. The number of hydrogen-bond donors (Lipinski definition) is 0. The van der Waals surface area contributed by atoms with Gasteiger partial charge in [0, 0.05) is 33.7 Å². The molecular weight excluding hydrogens is 848 g/mol. The quantitative estimate of drug-likeness (QED) is 0.165. The number of nitrogens with zero attached hydrogens (tertiary/aromatic N) is 2. The van der Waals surface area contributed by atoms with Crippen LogP contribution >= 0.6 is 0 Å². The highest BCUT2D eigenvalue weighted by Gasteiger charge is 2.50. The van der Waals surface area contributed by atoms with Crippen molar-refractivity contribution in [2.75, 3.05) is 9.80 Å². The largest absolute Gasteiger partial charge is 0.468 e. The van der Waals surface area contributed by atoms with Crippen LogP contribution in [0.3, 0.4) is 0 Å². The van der Waals surface area contributed by atoms with Crippen LogP contribution in [-0.2, 0) is 37.9 Å². The predicted octanol–water partition coefficient (Wildman–Crippen LogP) is 16.8. The van der Waals surface area contributed by atoms with Crippen LogP contribution in [-0.4, -0.2) is 6.71 Å². The van der Waals surface area contributed by atoms with Gasteiger partial charge in [-0.3, -0.25) is 0 Å². The fourth-order valence-electron chi connectivity index (χ4n) is 12.5. The van der Waals surface area contributed by atoms with Gasteiger partial charge < -0.3 is 14.2 Å². The van der Waals surface area contributed by atoms with E-state index in [4.69, 9.17) is 8.53 Å². The number of anilines is 6. The molecule has 7 aromatic rings. The summed E-state index contributed by atoms with van der Waals surface area (Å²) in [4.78, 5) is 4.94. The van der Waals surface area contributed by atoms with Crippen LogP contribution < -0.4 is 26.4 Å². The Morgan fingerprint density at radius 1 is 0.500 bits per heavy atom. The summed E-state index contributed by atoms with van der Waals surface area (Å²) in [6, 6.07) is 28.9. The van der Waals surface area contributed by atoms with E-state index in [1.807, 2.05) is 0 Å². The second-order valence-corrected chi connectivity index (χ2v) is 27.3. The van der Waals surface area contributed by atoms with Gasteiger partial charge in [-0.05, 0) is 174 Å². The van der Waals surface area contributed by atoms with Crippen LogP contribution in [0.2, 0.25) is 0 Å². The molecule has 0 saturated carbocycles. The molecule has 0 amide bonds. The fraction of sp³-hybridized carbons (Fsp3) is 0.424. The Hall–Kier alpha value is -5.48. The lowest BCUT2D eigenvalue weighted by Crippen LogP contribution is -2.61. The van der Waals surface area contributed by atoms with Crippen molar-refractivity contribution in [3.63, 3.8) is 0 Å². The minimum atomic E-state index is -0.392. The molecule has 0 bridgehead atoms. The van der Waals surface area contributed by atoms with E-state index in [0.29, 0.717) is 5.56 Å². The fourth-order valence-corrected chi connectivity index (χ4v) is 12.5. The van der Waals surface area contributed by atoms with E-state index in [9.17, 15) is 2.74 Å². The van der Waals surface area contributed by atoms with E-state index in [1.165, 1.54) is 27.8 Å². The maximum absolute atomic E-state index is 9.68. The molecule has 3 nitrogen and oxygen atoms in total. The highest BCUT2D eigenvalue weighted by atomic mass is 16.3. The SMILES string of the molecule is [2H]c1c([2H])c([2H])c(-c2cc3c(cc2N2c4cc5c(cc4B4c6oc7ccc(C(C)(C)C)cc7c6N(c6ccc(C(C)(C)C)cc6)c6cc(C(C)(C)C)cc2c64)C(C)(C)CCC5(C)C)C(C)(C)CCC3(C)C)c([2H])c1[2H]. The second kappa shape index (κ2) is 15.0. The van der Waals surface area contributed by atoms with Gasteiger partial charge in [-0.2, -0.15) is 0 Å². The summed E-state index contributed by atoms with van der Waals surface area (Å²) >= 11 is 0. The summed E-state index contributed by atoms with van der Waals surface area (Å²) in [5, 5.41) is 1.08. The highest BCUT2D eigenvalue weighted by Crippen LogP contribution is 2.56. The van der Waals surface area contributed by atoms with Crippen LogP contribution in [0.5, 0.6) is 0 Å². The maximum atomic E-state index is 9.68. The number of fused-ring (bicyclic) bond motifs is 8.